The van der Waals surface area contributed by atoms with Crippen molar-refractivity contribution < 1.29 is 14.3 Å². The summed E-state index contributed by atoms with van der Waals surface area (Å²) in [6.45, 7) is 3.08. The number of hydrogen-bond acceptors (Lipinski definition) is 4. The molecule has 0 aromatic heterocycles. The zero-order chi connectivity index (χ0) is 15.4. The number of urea groups is 1. The average molecular weight is 304 g/mol. The van der Waals surface area contributed by atoms with E-state index in [4.69, 9.17) is 4.74 Å². The molecule has 2 saturated heterocycles. The number of benzene rings is 1. The Hall–Kier alpha value is -2.12. The van der Waals surface area contributed by atoms with Gasteiger partial charge in [0, 0.05) is 31.7 Å². The molecule has 2 fully saturated rings. The molecule has 1 aromatic rings. The third-order valence-electron chi connectivity index (χ3n) is 3.80. The number of anilines is 1. The second-order valence-electron chi connectivity index (χ2n) is 5.43. The topological polar surface area (TPSA) is 73.9 Å². The number of morpholine rings is 1. The molecular weight excluding hydrogens is 284 g/mol. The number of carbonyl (C=O) groups is 2. The van der Waals surface area contributed by atoms with Crippen molar-refractivity contribution in [2.24, 2.45) is 0 Å². The summed E-state index contributed by atoms with van der Waals surface area (Å²) >= 11 is 0. The van der Waals surface area contributed by atoms with Crippen molar-refractivity contribution in [1.29, 1.82) is 0 Å². The van der Waals surface area contributed by atoms with Crippen LogP contribution in [0.25, 0.3) is 0 Å². The van der Waals surface area contributed by atoms with Gasteiger partial charge in [-0.2, -0.15) is 0 Å². The van der Waals surface area contributed by atoms with Gasteiger partial charge in [-0.1, -0.05) is 18.2 Å². The van der Waals surface area contributed by atoms with Crippen LogP contribution in [-0.4, -0.2) is 55.8 Å². The van der Waals surface area contributed by atoms with Crippen LogP contribution in [0.4, 0.5) is 10.5 Å². The Kier molecular flexibility index (Phi) is 4.55. The second-order valence-corrected chi connectivity index (χ2v) is 5.43. The number of ether oxygens (including phenoxy) is 1. The Morgan fingerprint density at radius 1 is 1.18 bits per heavy atom. The third kappa shape index (κ3) is 3.55. The smallest absolute Gasteiger partial charge is 0.329 e. The molecular formula is C15H20N4O3. The molecule has 7 nitrogen and oxygen atoms in total. The van der Waals surface area contributed by atoms with Crippen molar-refractivity contribution in [3.63, 3.8) is 0 Å². The summed E-state index contributed by atoms with van der Waals surface area (Å²) in [6.07, 6.45) is 0.325. The maximum absolute atomic E-state index is 12.1. The largest absolute Gasteiger partial charge is 0.379 e. The number of hydrogen-bond donors (Lipinski definition) is 2. The van der Waals surface area contributed by atoms with E-state index in [-0.39, 0.29) is 18.0 Å². The fraction of sp³-hybridized carbons (Fsp3) is 0.467. The summed E-state index contributed by atoms with van der Waals surface area (Å²) in [4.78, 5) is 25.8. The van der Waals surface area contributed by atoms with Crippen LogP contribution < -0.4 is 15.6 Å². The summed E-state index contributed by atoms with van der Waals surface area (Å²) in [5, 5.41) is 4.69. The minimum atomic E-state index is -0.269. The quantitative estimate of drug-likeness (QED) is 0.844. The molecule has 22 heavy (non-hydrogen) atoms. The number of hydrazine groups is 1. The molecule has 0 saturated carbocycles. The maximum Gasteiger partial charge on any atom is 0.329 e. The minimum Gasteiger partial charge on any atom is -0.379 e. The molecule has 3 rings (SSSR count). The number of nitrogens with one attached hydrogen (secondary N) is 2. The Balaban J connectivity index is 1.51. The maximum atomic E-state index is 12.1. The number of carbonyl (C=O) groups excluding carboxylic acids is 2. The minimum absolute atomic E-state index is 0.0304. The lowest BCUT2D eigenvalue weighted by atomic mass is 10.2. The molecule has 2 heterocycles. The molecule has 2 aliphatic rings. The van der Waals surface area contributed by atoms with Gasteiger partial charge < -0.3 is 15.0 Å². The molecule has 1 atom stereocenters. The van der Waals surface area contributed by atoms with E-state index in [1.807, 2.05) is 35.3 Å². The van der Waals surface area contributed by atoms with E-state index in [1.54, 1.807) is 4.90 Å². The summed E-state index contributed by atoms with van der Waals surface area (Å²) in [6, 6.07) is 9.06. The highest BCUT2D eigenvalue weighted by Crippen LogP contribution is 2.20. The van der Waals surface area contributed by atoms with Gasteiger partial charge in [-0.3, -0.25) is 10.2 Å². The highest BCUT2D eigenvalue weighted by atomic mass is 16.5. The second kappa shape index (κ2) is 6.76. The van der Waals surface area contributed by atoms with E-state index in [1.165, 1.54) is 0 Å². The molecule has 0 unspecified atom stereocenters. The molecule has 2 N–H and O–H groups in total. The van der Waals surface area contributed by atoms with Crippen molar-refractivity contribution in [3.8, 4) is 0 Å². The van der Waals surface area contributed by atoms with Crippen LogP contribution in [-0.2, 0) is 9.53 Å². The lowest BCUT2D eigenvalue weighted by molar-refractivity contribution is -0.117. The lowest BCUT2D eigenvalue weighted by Crippen LogP contribution is -2.53. The molecule has 118 valence electrons. The Labute approximate surface area is 129 Å². The molecule has 0 aliphatic carbocycles. The van der Waals surface area contributed by atoms with Crippen molar-refractivity contribution >= 4 is 17.6 Å². The fourth-order valence-electron chi connectivity index (χ4n) is 2.70. The van der Waals surface area contributed by atoms with Gasteiger partial charge in [0.25, 0.3) is 0 Å². The van der Waals surface area contributed by atoms with E-state index < -0.39 is 0 Å². The molecule has 0 radical (unpaired) electrons. The van der Waals surface area contributed by atoms with Crippen LogP contribution in [0, 0.1) is 0 Å². The summed E-state index contributed by atoms with van der Waals surface area (Å²) in [5.41, 5.74) is 3.65. The van der Waals surface area contributed by atoms with E-state index in [0.717, 1.165) is 5.69 Å². The first-order valence-electron chi connectivity index (χ1n) is 7.47. The zero-order valence-electron chi connectivity index (χ0n) is 12.3. The van der Waals surface area contributed by atoms with Crippen LogP contribution in [0.15, 0.2) is 30.3 Å². The molecule has 2 aliphatic heterocycles. The van der Waals surface area contributed by atoms with Gasteiger partial charge >= 0.3 is 6.03 Å². The van der Waals surface area contributed by atoms with Gasteiger partial charge in [0.05, 0.1) is 19.3 Å². The monoisotopic (exact) mass is 304 g/mol. The normalized spacial score (nSPS) is 22.6. The highest BCUT2D eigenvalue weighted by molar-refractivity contribution is 5.96. The van der Waals surface area contributed by atoms with Crippen molar-refractivity contribution in [2.75, 3.05) is 37.7 Å². The van der Waals surface area contributed by atoms with E-state index in [2.05, 4.69) is 10.7 Å². The molecule has 0 spiro atoms. The van der Waals surface area contributed by atoms with Gasteiger partial charge in [0.2, 0.25) is 5.91 Å². The fourth-order valence-corrected chi connectivity index (χ4v) is 2.70. The zero-order valence-corrected chi connectivity index (χ0v) is 12.3. The van der Waals surface area contributed by atoms with Crippen molar-refractivity contribution in [1.82, 2.24) is 15.8 Å². The highest BCUT2D eigenvalue weighted by Gasteiger charge is 2.31. The van der Waals surface area contributed by atoms with Crippen molar-refractivity contribution in [3.05, 3.63) is 30.3 Å². The first kappa shape index (κ1) is 14.8. The first-order chi connectivity index (χ1) is 10.7. The predicted molar refractivity (Wildman–Crippen MR) is 81.3 cm³/mol. The average Bonchev–Trinajstić information content (AvgIpc) is 2.89. The first-order valence-corrected chi connectivity index (χ1v) is 7.47. The number of para-hydroxylation sites is 1. The summed E-state index contributed by atoms with van der Waals surface area (Å²) in [5.74, 6) is 0.0304. The molecule has 0 bridgehead atoms. The Morgan fingerprint density at radius 2 is 1.91 bits per heavy atom. The van der Waals surface area contributed by atoms with E-state index in [0.29, 0.717) is 39.3 Å². The van der Waals surface area contributed by atoms with Crippen LogP contribution >= 0.6 is 0 Å². The summed E-state index contributed by atoms with van der Waals surface area (Å²) < 4.78 is 5.23. The van der Waals surface area contributed by atoms with Gasteiger partial charge in [0.1, 0.15) is 0 Å². The Bertz CT molecular complexity index is 531. The van der Waals surface area contributed by atoms with Crippen LogP contribution in [0.3, 0.4) is 0 Å². The molecule has 3 amide bonds. The standard InChI is InChI=1S/C15H20N4O3/c20-14-10-12(11-19(14)13-4-2-1-3-5-13)16-15(21)17-18-6-8-22-9-7-18/h1-5,12H,6-11H2,(H2,16,17,21)/t12-/m0/s1. The summed E-state index contributed by atoms with van der Waals surface area (Å²) in [7, 11) is 0. The SMILES string of the molecule is O=C(N[C@H]1CC(=O)N(c2ccccc2)C1)NN1CCOCC1. The van der Waals surface area contributed by atoms with Crippen LogP contribution in [0.1, 0.15) is 6.42 Å². The van der Waals surface area contributed by atoms with Crippen molar-refractivity contribution in [2.45, 2.75) is 12.5 Å². The van der Waals surface area contributed by atoms with Gasteiger partial charge in [-0.15, -0.1) is 0 Å². The van der Waals surface area contributed by atoms with Gasteiger partial charge in [-0.05, 0) is 12.1 Å². The molecule has 1 aromatic carbocycles. The van der Waals surface area contributed by atoms with Gasteiger partial charge in [-0.25, -0.2) is 9.80 Å². The Morgan fingerprint density at radius 3 is 2.64 bits per heavy atom. The van der Waals surface area contributed by atoms with Crippen LogP contribution in [0.2, 0.25) is 0 Å². The van der Waals surface area contributed by atoms with E-state index >= 15 is 0 Å². The number of amides is 3. The van der Waals surface area contributed by atoms with E-state index in [9.17, 15) is 9.59 Å². The van der Waals surface area contributed by atoms with Gasteiger partial charge in [0.15, 0.2) is 0 Å². The lowest BCUT2D eigenvalue weighted by Gasteiger charge is -2.27. The third-order valence-corrected chi connectivity index (χ3v) is 3.80. The number of nitrogens with zero attached hydrogens (tertiary/aromatic N) is 2. The van der Waals surface area contributed by atoms with Crippen LogP contribution in [0.5, 0.6) is 0 Å². The number of rotatable bonds is 3. The molecule has 7 heteroatoms. The predicted octanol–water partition coefficient (Wildman–Crippen LogP) is 0.338.